The molecule has 0 unspecified atom stereocenters. The Kier molecular flexibility index (Phi) is 4.22. The van der Waals surface area contributed by atoms with Crippen molar-refractivity contribution in [3.8, 4) is 0 Å². The maximum Gasteiger partial charge on any atom is 0.431 e. The first-order valence-electron chi connectivity index (χ1n) is 7.62. The van der Waals surface area contributed by atoms with Gasteiger partial charge in [0.25, 0.3) is 0 Å². The highest BCUT2D eigenvalue weighted by Crippen LogP contribution is 2.34. The smallest absolute Gasteiger partial charge is 0.431 e. The van der Waals surface area contributed by atoms with E-state index in [1.54, 1.807) is 11.3 Å². The number of rotatable bonds is 2. The Morgan fingerprint density at radius 2 is 1.96 bits per heavy atom. The summed E-state index contributed by atoms with van der Waals surface area (Å²) in [5, 5.41) is 8.06. The lowest BCUT2D eigenvalue weighted by molar-refractivity contribution is 0.0195. The van der Waals surface area contributed by atoms with Crippen molar-refractivity contribution < 1.29 is 9.53 Å². The number of hydrogen-bond donors (Lipinski definition) is 0. The lowest BCUT2D eigenvalue weighted by Crippen LogP contribution is -2.34. The number of ether oxygens (including phenoxy) is 1. The summed E-state index contributed by atoms with van der Waals surface area (Å²) >= 11 is 1.63. The van der Waals surface area contributed by atoms with Crippen molar-refractivity contribution in [3.63, 3.8) is 0 Å². The van der Waals surface area contributed by atoms with Crippen molar-refractivity contribution in [1.29, 1.82) is 0 Å². The minimum absolute atomic E-state index is 0.122. The van der Waals surface area contributed by atoms with Crippen LogP contribution in [0.4, 0.5) is 4.79 Å². The molecule has 0 saturated carbocycles. The third-order valence-corrected chi connectivity index (χ3v) is 4.40. The second kappa shape index (κ2) is 6.16. The number of amides is 1. The molecule has 5 heteroatoms. The van der Waals surface area contributed by atoms with E-state index in [-0.39, 0.29) is 6.04 Å². The van der Waals surface area contributed by atoms with Crippen LogP contribution < -0.4 is 0 Å². The summed E-state index contributed by atoms with van der Waals surface area (Å²) in [5.74, 6) is 0. The van der Waals surface area contributed by atoms with Crippen LogP contribution in [0.2, 0.25) is 0 Å². The molecule has 120 valence electrons. The fourth-order valence-corrected chi connectivity index (χ4v) is 3.23. The van der Waals surface area contributed by atoms with Crippen LogP contribution in [0.5, 0.6) is 0 Å². The van der Waals surface area contributed by atoms with E-state index in [4.69, 9.17) is 4.74 Å². The number of thiophene rings is 1. The van der Waals surface area contributed by atoms with Crippen LogP contribution in [0.25, 0.3) is 0 Å². The zero-order valence-corrected chi connectivity index (χ0v) is 14.3. The van der Waals surface area contributed by atoms with E-state index in [1.807, 2.05) is 68.6 Å². The Morgan fingerprint density at radius 1 is 1.22 bits per heavy atom. The number of hydrazone groups is 1. The molecule has 1 aliphatic heterocycles. The minimum Gasteiger partial charge on any atom is -0.442 e. The molecule has 2 aromatic rings. The van der Waals surface area contributed by atoms with Crippen molar-refractivity contribution in [1.82, 2.24) is 5.01 Å². The SMILES string of the molecule is CC(C)(C)OC(=O)N1N=C(c2cccs2)C[C@H]1c1ccccc1. The van der Waals surface area contributed by atoms with Crippen LogP contribution in [-0.2, 0) is 4.74 Å². The predicted octanol–water partition coefficient (Wildman–Crippen LogP) is 4.83. The van der Waals surface area contributed by atoms with E-state index in [0.717, 1.165) is 16.2 Å². The van der Waals surface area contributed by atoms with Crippen LogP contribution in [-0.4, -0.2) is 22.4 Å². The molecule has 1 aromatic carbocycles. The van der Waals surface area contributed by atoms with Crippen molar-refractivity contribution >= 4 is 23.1 Å². The molecule has 3 rings (SSSR count). The molecule has 1 aromatic heterocycles. The Labute approximate surface area is 140 Å². The highest BCUT2D eigenvalue weighted by atomic mass is 32.1. The summed E-state index contributed by atoms with van der Waals surface area (Å²) in [7, 11) is 0. The Morgan fingerprint density at radius 3 is 2.57 bits per heavy atom. The monoisotopic (exact) mass is 328 g/mol. The van der Waals surface area contributed by atoms with Gasteiger partial charge in [-0.3, -0.25) is 0 Å². The molecule has 0 spiro atoms. The predicted molar refractivity (Wildman–Crippen MR) is 92.7 cm³/mol. The van der Waals surface area contributed by atoms with E-state index in [1.165, 1.54) is 5.01 Å². The summed E-state index contributed by atoms with van der Waals surface area (Å²) in [6.45, 7) is 5.59. The molecule has 4 nitrogen and oxygen atoms in total. The average Bonchev–Trinajstić information content (AvgIpc) is 3.15. The van der Waals surface area contributed by atoms with Gasteiger partial charge in [-0.05, 0) is 37.8 Å². The van der Waals surface area contributed by atoms with E-state index in [2.05, 4.69) is 5.10 Å². The molecule has 0 aliphatic carbocycles. The Hall–Kier alpha value is -2.14. The van der Waals surface area contributed by atoms with E-state index in [0.29, 0.717) is 6.42 Å². The van der Waals surface area contributed by atoms with Crippen molar-refractivity contribution in [2.75, 3.05) is 0 Å². The van der Waals surface area contributed by atoms with Gasteiger partial charge < -0.3 is 4.74 Å². The molecular formula is C18H20N2O2S. The number of hydrogen-bond acceptors (Lipinski definition) is 4. The van der Waals surface area contributed by atoms with Crippen molar-refractivity contribution in [2.45, 2.75) is 38.8 Å². The molecule has 0 fully saturated rings. The van der Waals surface area contributed by atoms with Crippen LogP contribution >= 0.6 is 11.3 Å². The third-order valence-electron chi connectivity index (χ3n) is 3.48. The zero-order chi connectivity index (χ0) is 16.4. The van der Waals surface area contributed by atoms with Gasteiger partial charge in [-0.1, -0.05) is 36.4 Å². The van der Waals surface area contributed by atoms with Crippen LogP contribution in [0.1, 0.15) is 43.7 Å². The molecule has 0 saturated heterocycles. The lowest BCUT2D eigenvalue weighted by Gasteiger charge is -2.26. The maximum atomic E-state index is 12.6. The highest BCUT2D eigenvalue weighted by molar-refractivity contribution is 7.12. The standard InChI is InChI=1S/C18H20N2O2S/c1-18(2,3)22-17(21)20-15(13-8-5-4-6-9-13)12-14(19-20)16-10-7-11-23-16/h4-11,15H,12H2,1-3H3/t15-/m0/s1. The average molecular weight is 328 g/mol. The first-order valence-corrected chi connectivity index (χ1v) is 8.50. The minimum atomic E-state index is -0.542. The van der Waals surface area contributed by atoms with Gasteiger partial charge >= 0.3 is 6.09 Å². The van der Waals surface area contributed by atoms with E-state index < -0.39 is 11.7 Å². The Balaban J connectivity index is 1.91. The molecule has 1 aliphatic rings. The molecule has 1 amide bonds. The normalized spacial score (nSPS) is 18.0. The highest BCUT2D eigenvalue weighted by Gasteiger charge is 2.35. The number of carbonyl (C=O) groups is 1. The summed E-state index contributed by atoms with van der Waals surface area (Å²) in [5.41, 5.74) is 1.45. The first kappa shape index (κ1) is 15.7. The van der Waals surface area contributed by atoms with E-state index in [9.17, 15) is 4.79 Å². The van der Waals surface area contributed by atoms with Gasteiger partial charge in [0.2, 0.25) is 0 Å². The summed E-state index contributed by atoms with van der Waals surface area (Å²) in [4.78, 5) is 13.7. The fraction of sp³-hybridized carbons (Fsp3) is 0.333. The zero-order valence-electron chi connectivity index (χ0n) is 13.5. The molecule has 0 radical (unpaired) electrons. The van der Waals surface area contributed by atoms with Crippen molar-refractivity contribution in [2.24, 2.45) is 5.10 Å². The molecule has 23 heavy (non-hydrogen) atoms. The van der Waals surface area contributed by atoms with Gasteiger partial charge in [0.05, 0.1) is 16.6 Å². The topological polar surface area (TPSA) is 41.9 Å². The summed E-state index contributed by atoms with van der Waals surface area (Å²) in [6, 6.07) is 13.9. The Bertz CT molecular complexity index is 702. The van der Waals surface area contributed by atoms with Crippen molar-refractivity contribution in [3.05, 3.63) is 58.3 Å². The number of carbonyl (C=O) groups excluding carboxylic acids is 1. The fourth-order valence-electron chi connectivity index (χ4n) is 2.51. The third kappa shape index (κ3) is 3.62. The first-order chi connectivity index (χ1) is 10.9. The van der Waals surface area contributed by atoms with Gasteiger partial charge in [0.15, 0.2) is 0 Å². The van der Waals surface area contributed by atoms with Gasteiger partial charge in [0, 0.05) is 6.42 Å². The lowest BCUT2D eigenvalue weighted by atomic mass is 10.0. The summed E-state index contributed by atoms with van der Waals surface area (Å²) in [6.07, 6.45) is 0.293. The largest absolute Gasteiger partial charge is 0.442 e. The molecule has 0 bridgehead atoms. The quantitative estimate of drug-likeness (QED) is 0.792. The molecule has 2 heterocycles. The van der Waals surface area contributed by atoms with Crippen LogP contribution in [0.15, 0.2) is 52.9 Å². The summed E-state index contributed by atoms with van der Waals surface area (Å²) < 4.78 is 5.52. The van der Waals surface area contributed by atoms with Gasteiger partial charge in [-0.2, -0.15) is 10.1 Å². The number of benzene rings is 1. The van der Waals surface area contributed by atoms with Gasteiger partial charge in [-0.25, -0.2) is 4.79 Å². The number of nitrogens with zero attached hydrogens (tertiary/aromatic N) is 2. The van der Waals surface area contributed by atoms with Gasteiger partial charge in [0.1, 0.15) is 5.60 Å². The second-order valence-electron chi connectivity index (χ2n) is 6.48. The van der Waals surface area contributed by atoms with Crippen LogP contribution in [0.3, 0.4) is 0 Å². The van der Waals surface area contributed by atoms with Crippen LogP contribution in [0, 0.1) is 0 Å². The molecule has 0 N–H and O–H groups in total. The van der Waals surface area contributed by atoms with Gasteiger partial charge in [-0.15, -0.1) is 11.3 Å². The second-order valence-corrected chi connectivity index (χ2v) is 7.43. The molecular weight excluding hydrogens is 308 g/mol. The molecule has 1 atom stereocenters. The maximum absolute atomic E-state index is 12.6. The van der Waals surface area contributed by atoms with E-state index >= 15 is 0 Å².